The van der Waals surface area contributed by atoms with Crippen LogP contribution in [0.15, 0.2) is 18.2 Å². The summed E-state index contributed by atoms with van der Waals surface area (Å²) in [4.78, 5) is 27.0. The van der Waals surface area contributed by atoms with Gasteiger partial charge in [0.2, 0.25) is 12.7 Å². The Balaban J connectivity index is 1.41. The molecule has 1 saturated carbocycles. The molecule has 0 aromatic heterocycles. The number of hydrogen-bond acceptors (Lipinski definition) is 5. The van der Waals surface area contributed by atoms with Crippen LogP contribution < -0.4 is 9.47 Å². The smallest absolute Gasteiger partial charge is 0.314 e. The SMILES string of the molecule is COC(=O)[C@@]12CN(C(=O)CCc3ccc4c(c3)OCO4)C[C@@H]1C(C)(C)C2. The van der Waals surface area contributed by atoms with E-state index >= 15 is 0 Å². The fraction of sp³-hybridized carbons (Fsp3) is 0.600. The number of ether oxygens (including phenoxy) is 3. The maximum atomic E-state index is 12.8. The van der Waals surface area contributed by atoms with Crippen LogP contribution in [-0.2, 0) is 20.7 Å². The van der Waals surface area contributed by atoms with E-state index in [0.717, 1.165) is 23.5 Å². The third-order valence-electron chi connectivity index (χ3n) is 6.27. The van der Waals surface area contributed by atoms with Gasteiger partial charge >= 0.3 is 5.97 Å². The minimum atomic E-state index is -0.507. The number of benzene rings is 1. The molecule has 6 nitrogen and oxygen atoms in total. The van der Waals surface area contributed by atoms with Crippen LogP contribution in [0.25, 0.3) is 0 Å². The number of hydrogen-bond donors (Lipinski definition) is 0. The summed E-state index contributed by atoms with van der Waals surface area (Å²) in [6.07, 6.45) is 1.85. The minimum Gasteiger partial charge on any atom is -0.469 e. The van der Waals surface area contributed by atoms with Gasteiger partial charge in [-0.15, -0.1) is 0 Å². The lowest BCUT2D eigenvalue weighted by molar-refractivity contribution is -0.174. The van der Waals surface area contributed by atoms with Gasteiger partial charge in [0.1, 0.15) is 0 Å². The van der Waals surface area contributed by atoms with Crippen LogP contribution in [0, 0.1) is 16.7 Å². The second kappa shape index (κ2) is 5.89. The molecule has 2 aliphatic heterocycles. The van der Waals surface area contributed by atoms with E-state index in [1.165, 1.54) is 7.11 Å². The van der Waals surface area contributed by atoms with Gasteiger partial charge < -0.3 is 19.1 Å². The van der Waals surface area contributed by atoms with Gasteiger partial charge in [0.05, 0.1) is 12.5 Å². The average molecular weight is 359 g/mol. The van der Waals surface area contributed by atoms with Crippen molar-refractivity contribution in [1.82, 2.24) is 4.90 Å². The van der Waals surface area contributed by atoms with Crippen LogP contribution in [0.4, 0.5) is 0 Å². The van der Waals surface area contributed by atoms with Gasteiger partial charge in [-0.2, -0.15) is 0 Å². The van der Waals surface area contributed by atoms with Gasteiger partial charge in [-0.1, -0.05) is 19.9 Å². The summed E-state index contributed by atoms with van der Waals surface area (Å²) in [7, 11) is 1.43. The first-order valence-corrected chi connectivity index (χ1v) is 9.10. The number of methoxy groups -OCH3 is 1. The summed E-state index contributed by atoms with van der Waals surface area (Å²) in [6.45, 7) is 5.70. The number of carbonyl (C=O) groups is 2. The van der Waals surface area contributed by atoms with Crippen molar-refractivity contribution in [2.45, 2.75) is 33.1 Å². The van der Waals surface area contributed by atoms with E-state index in [-0.39, 0.29) is 30.0 Å². The van der Waals surface area contributed by atoms with Crippen molar-refractivity contribution in [3.05, 3.63) is 23.8 Å². The summed E-state index contributed by atoms with van der Waals surface area (Å²) in [5, 5.41) is 0. The van der Waals surface area contributed by atoms with Crippen LogP contribution in [0.1, 0.15) is 32.3 Å². The molecule has 2 heterocycles. The number of amides is 1. The fourth-order valence-electron chi connectivity index (χ4n) is 5.07. The number of nitrogens with zero attached hydrogens (tertiary/aromatic N) is 1. The van der Waals surface area contributed by atoms with Crippen molar-refractivity contribution in [1.29, 1.82) is 0 Å². The van der Waals surface area contributed by atoms with Crippen molar-refractivity contribution < 1.29 is 23.8 Å². The molecule has 1 amide bonds. The Kier molecular flexibility index (Phi) is 3.90. The van der Waals surface area contributed by atoms with E-state index < -0.39 is 5.41 Å². The quantitative estimate of drug-likeness (QED) is 0.773. The van der Waals surface area contributed by atoms with E-state index in [1.807, 2.05) is 23.1 Å². The normalized spacial score (nSPS) is 27.7. The third-order valence-corrected chi connectivity index (χ3v) is 6.27. The monoisotopic (exact) mass is 359 g/mol. The van der Waals surface area contributed by atoms with E-state index in [2.05, 4.69) is 13.8 Å². The first-order valence-electron chi connectivity index (χ1n) is 9.10. The van der Waals surface area contributed by atoms with E-state index in [1.54, 1.807) is 0 Å². The summed E-state index contributed by atoms with van der Waals surface area (Å²) in [5.41, 5.74) is 0.612. The van der Waals surface area contributed by atoms with E-state index in [4.69, 9.17) is 14.2 Å². The lowest BCUT2D eigenvalue weighted by Crippen LogP contribution is -2.57. The van der Waals surface area contributed by atoms with Crippen LogP contribution in [0.3, 0.4) is 0 Å². The Morgan fingerprint density at radius 2 is 2.04 bits per heavy atom. The average Bonchev–Trinajstić information content (AvgIpc) is 3.21. The van der Waals surface area contributed by atoms with E-state index in [0.29, 0.717) is 25.9 Å². The number of aryl methyl sites for hydroxylation is 1. The highest BCUT2D eigenvalue weighted by molar-refractivity contribution is 5.83. The van der Waals surface area contributed by atoms with Crippen LogP contribution >= 0.6 is 0 Å². The van der Waals surface area contributed by atoms with Gasteiger partial charge in [0.15, 0.2) is 11.5 Å². The predicted octanol–water partition coefficient (Wildman–Crippen LogP) is 2.40. The molecule has 140 valence electrons. The van der Waals surface area contributed by atoms with Crippen molar-refractivity contribution in [2.75, 3.05) is 27.0 Å². The molecule has 3 aliphatic rings. The molecule has 4 rings (SSSR count). The van der Waals surface area contributed by atoms with Crippen molar-refractivity contribution in [3.63, 3.8) is 0 Å². The number of likely N-dealkylation sites (tertiary alicyclic amines) is 1. The molecule has 0 unspecified atom stereocenters. The van der Waals surface area contributed by atoms with Crippen molar-refractivity contribution in [2.24, 2.45) is 16.7 Å². The number of carbonyl (C=O) groups excluding carboxylic acids is 2. The number of fused-ring (bicyclic) bond motifs is 2. The Bertz CT molecular complexity index is 759. The highest BCUT2D eigenvalue weighted by atomic mass is 16.7. The van der Waals surface area contributed by atoms with Crippen LogP contribution in [-0.4, -0.2) is 43.8 Å². The zero-order valence-electron chi connectivity index (χ0n) is 15.5. The van der Waals surface area contributed by atoms with Crippen LogP contribution in [0.2, 0.25) is 0 Å². The Morgan fingerprint density at radius 3 is 2.77 bits per heavy atom. The topological polar surface area (TPSA) is 65.1 Å². The summed E-state index contributed by atoms with van der Waals surface area (Å²) in [6, 6.07) is 5.78. The highest BCUT2D eigenvalue weighted by Gasteiger charge is 2.67. The largest absolute Gasteiger partial charge is 0.469 e. The zero-order valence-corrected chi connectivity index (χ0v) is 15.5. The molecule has 0 bridgehead atoms. The molecule has 1 aliphatic carbocycles. The molecule has 1 saturated heterocycles. The molecule has 6 heteroatoms. The first-order chi connectivity index (χ1) is 12.4. The van der Waals surface area contributed by atoms with Gasteiger partial charge in [-0.25, -0.2) is 0 Å². The highest BCUT2D eigenvalue weighted by Crippen LogP contribution is 2.63. The first kappa shape index (κ1) is 17.2. The number of rotatable bonds is 4. The van der Waals surface area contributed by atoms with Gasteiger partial charge in [0.25, 0.3) is 0 Å². The molecular weight excluding hydrogens is 334 g/mol. The molecule has 1 aromatic carbocycles. The second-order valence-corrected chi connectivity index (χ2v) is 8.33. The van der Waals surface area contributed by atoms with Gasteiger partial charge in [-0.05, 0) is 41.9 Å². The fourth-order valence-corrected chi connectivity index (χ4v) is 5.07. The molecule has 0 radical (unpaired) electrons. The maximum absolute atomic E-state index is 12.8. The van der Waals surface area contributed by atoms with E-state index in [9.17, 15) is 9.59 Å². The standard InChI is InChI=1S/C20H25NO5/c1-19(2)10-20(18(23)24-3)11-21(9-16(19)20)17(22)7-5-13-4-6-14-15(8-13)26-12-25-14/h4,6,8,16H,5,7,9-12H2,1-3H3/t16-,20+/m1/s1. The summed E-state index contributed by atoms with van der Waals surface area (Å²) in [5.74, 6) is 1.58. The minimum absolute atomic E-state index is 0.0700. The lowest BCUT2D eigenvalue weighted by Gasteiger charge is -2.54. The van der Waals surface area contributed by atoms with Crippen molar-refractivity contribution >= 4 is 11.9 Å². The summed E-state index contributed by atoms with van der Waals surface area (Å²) < 4.78 is 15.8. The van der Waals surface area contributed by atoms with Gasteiger partial charge in [0, 0.05) is 19.5 Å². The molecule has 1 aromatic rings. The zero-order chi connectivity index (χ0) is 18.5. The Morgan fingerprint density at radius 1 is 1.27 bits per heavy atom. The molecule has 2 atom stereocenters. The Labute approximate surface area is 153 Å². The third kappa shape index (κ3) is 2.54. The lowest BCUT2D eigenvalue weighted by atomic mass is 9.48. The Hall–Kier alpha value is -2.24. The molecular formula is C20H25NO5. The molecule has 0 N–H and O–H groups in total. The van der Waals surface area contributed by atoms with Crippen molar-refractivity contribution in [3.8, 4) is 11.5 Å². The molecule has 2 fully saturated rings. The maximum Gasteiger partial charge on any atom is 0.314 e. The second-order valence-electron chi connectivity index (χ2n) is 8.33. The van der Waals surface area contributed by atoms with Gasteiger partial charge in [-0.3, -0.25) is 9.59 Å². The van der Waals surface area contributed by atoms with Crippen LogP contribution in [0.5, 0.6) is 11.5 Å². The predicted molar refractivity (Wildman–Crippen MR) is 93.8 cm³/mol. The number of esters is 1. The molecule has 26 heavy (non-hydrogen) atoms. The summed E-state index contributed by atoms with van der Waals surface area (Å²) >= 11 is 0. The molecule has 0 spiro atoms.